The molecule has 24 heavy (non-hydrogen) atoms. The minimum atomic E-state index is 0.0772. The molecular formula is C19H24N4O. The Morgan fingerprint density at radius 1 is 1.29 bits per heavy atom. The summed E-state index contributed by atoms with van der Waals surface area (Å²) in [6.07, 6.45) is 1.89. The molecular weight excluding hydrogens is 300 g/mol. The molecule has 2 aromatic rings. The van der Waals surface area contributed by atoms with Gasteiger partial charge in [0, 0.05) is 19.8 Å². The van der Waals surface area contributed by atoms with Crippen LogP contribution < -0.4 is 5.32 Å². The molecule has 1 aromatic carbocycles. The topological polar surface area (TPSA) is 49.8 Å². The fourth-order valence-corrected chi connectivity index (χ4v) is 2.98. The zero-order valence-corrected chi connectivity index (χ0v) is 14.3. The van der Waals surface area contributed by atoms with E-state index in [0.717, 1.165) is 24.7 Å². The molecule has 5 heteroatoms. The van der Waals surface area contributed by atoms with Crippen molar-refractivity contribution < 1.29 is 4.74 Å². The fraction of sp³-hybridized carbons (Fsp3) is 0.368. The SMILES string of the molecule is CN=C(NCc1ccccn1)N1CCOC(c2ccccc2C)C1. The number of morpholine rings is 1. The number of aromatic nitrogens is 1. The second-order valence-corrected chi connectivity index (χ2v) is 5.88. The van der Waals surface area contributed by atoms with E-state index < -0.39 is 0 Å². The smallest absolute Gasteiger partial charge is 0.194 e. The molecule has 3 rings (SSSR count). The van der Waals surface area contributed by atoms with Crippen molar-refractivity contribution in [2.45, 2.75) is 19.6 Å². The first-order valence-corrected chi connectivity index (χ1v) is 8.30. The summed E-state index contributed by atoms with van der Waals surface area (Å²) in [6.45, 7) is 5.13. The predicted molar refractivity (Wildman–Crippen MR) is 95.9 cm³/mol. The van der Waals surface area contributed by atoms with Crippen LogP contribution in [0.4, 0.5) is 0 Å². The van der Waals surface area contributed by atoms with E-state index in [4.69, 9.17) is 4.74 Å². The standard InChI is InChI=1S/C19H24N4O/c1-15-7-3-4-9-17(15)18-14-23(11-12-24-18)19(20-2)22-13-16-8-5-6-10-21-16/h3-10,18H,11-14H2,1-2H3,(H,20,22). The molecule has 0 aliphatic carbocycles. The van der Waals surface area contributed by atoms with Gasteiger partial charge in [-0.2, -0.15) is 0 Å². The lowest BCUT2D eigenvalue weighted by molar-refractivity contribution is -0.00834. The number of nitrogens with one attached hydrogen (secondary N) is 1. The Morgan fingerprint density at radius 3 is 2.88 bits per heavy atom. The molecule has 1 aliphatic rings. The van der Waals surface area contributed by atoms with E-state index in [2.05, 4.69) is 51.4 Å². The van der Waals surface area contributed by atoms with Crippen molar-refractivity contribution >= 4 is 5.96 Å². The summed E-state index contributed by atoms with van der Waals surface area (Å²) in [5, 5.41) is 3.40. The van der Waals surface area contributed by atoms with Crippen molar-refractivity contribution in [2.24, 2.45) is 4.99 Å². The lowest BCUT2D eigenvalue weighted by Gasteiger charge is -2.35. The summed E-state index contributed by atoms with van der Waals surface area (Å²) >= 11 is 0. The van der Waals surface area contributed by atoms with Crippen LogP contribution in [0.15, 0.2) is 53.7 Å². The van der Waals surface area contributed by atoms with Crippen LogP contribution in [0.2, 0.25) is 0 Å². The number of nitrogens with zero attached hydrogens (tertiary/aromatic N) is 3. The third-order valence-electron chi connectivity index (χ3n) is 4.27. The maximum Gasteiger partial charge on any atom is 0.194 e. The Balaban J connectivity index is 1.65. The molecule has 0 radical (unpaired) electrons. The minimum absolute atomic E-state index is 0.0772. The number of hydrogen-bond donors (Lipinski definition) is 1. The van der Waals surface area contributed by atoms with Gasteiger partial charge in [0.05, 0.1) is 25.4 Å². The molecule has 1 aromatic heterocycles. The third kappa shape index (κ3) is 3.92. The molecule has 1 atom stereocenters. The first-order valence-electron chi connectivity index (χ1n) is 8.30. The van der Waals surface area contributed by atoms with Gasteiger partial charge in [0.15, 0.2) is 5.96 Å². The maximum atomic E-state index is 6.00. The Hall–Kier alpha value is -2.40. The largest absolute Gasteiger partial charge is 0.370 e. The predicted octanol–water partition coefficient (Wildman–Crippen LogP) is 2.54. The molecule has 126 valence electrons. The van der Waals surface area contributed by atoms with Crippen LogP contribution in [0.1, 0.15) is 22.9 Å². The number of pyridine rings is 1. The highest BCUT2D eigenvalue weighted by atomic mass is 16.5. The average molecular weight is 324 g/mol. The zero-order valence-electron chi connectivity index (χ0n) is 14.3. The van der Waals surface area contributed by atoms with Gasteiger partial charge in [-0.15, -0.1) is 0 Å². The molecule has 1 fully saturated rings. The highest BCUT2D eigenvalue weighted by Gasteiger charge is 2.25. The van der Waals surface area contributed by atoms with Gasteiger partial charge in [-0.1, -0.05) is 30.3 Å². The van der Waals surface area contributed by atoms with Gasteiger partial charge in [-0.25, -0.2) is 0 Å². The van der Waals surface area contributed by atoms with Gasteiger partial charge in [-0.3, -0.25) is 9.98 Å². The van der Waals surface area contributed by atoms with Crippen molar-refractivity contribution in [3.05, 3.63) is 65.5 Å². The van der Waals surface area contributed by atoms with Crippen LogP contribution in [0.5, 0.6) is 0 Å². The first-order chi connectivity index (χ1) is 11.8. The average Bonchev–Trinajstić information content (AvgIpc) is 2.64. The molecule has 0 bridgehead atoms. The van der Waals surface area contributed by atoms with Gasteiger partial charge in [0.1, 0.15) is 6.10 Å². The lowest BCUT2D eigenvalue weighted by atomic mass is 10.0. The van der Waals surface area contributed by atoms with E-state index in [-0.39, 0.29) is 6.10 Å². The highest BCUT2D eigenvalue weighted by molar-refractivity contribution is 5.80. The Bertz CT molecular complexity index is 687. The molecule has 2 heterocycles. The van der Waals surface area contributed by atoms with Crippen LogP contribution in [0.3, 0.4) is 0 Å². The molecule has 5 nitrogen and oxygen atoms in total. The molecule has 0 amide bonds. The number of guanidine groups is 1. The zero-order chi connectivity index (χ0) is 16.8. The van der Waals surface area contributed by atoms with Gasteiger partial charge < -0.3 is 15.0 Å². The summed E-state index contributed by atoms with van der Waals surface area (Å²) in [7, 11) is 1.82. The van der Waals surface area contributed by atoms with Crippen molar-refractivity contribution in [2.75, 3.05) is 26.7 Å². The number of ether oxygens (including phenoxy) is 1. The maximum absolute atomic E-state index is 6.00. The van der Waals surface area contributed by atoms with E-state index in [9.17, 15) is 0 Å². The summed E-state index contributed by atoms with van der Waals surface area (Å²) in [6, 6.07) is 14.3. The number of rotatable bonds is 3. The van der Waals surface area contributed by atoms with E-state index in [1.54, 1.807) is 0 Å². The van der Waals surface area contributed by atoms with Crippen molar-refractivity contribution in [3.8, 4) is 0 Å². The molecule has 0 saturated carbocycles. The van der Waals surface area contributed by atoms with Gasteiger partial charge in [0.2, 0.25) is 0 Å². The normalized spacial score (nSPS) is 18.5. The molecule has 0 spiro atoms. The summed E-state index contributed by atoms with van der Waals surface area (Å²) in [4.78, 5) is 11.0. The summed E-state index contributed by atoms with van der Waals surface area (Å²) < 4.78 is 6.00. The van der Waals surface area contributed by atoms with Crippen molar-refractivity contribution in [1.29, 1.82) is 0 Å². The van der Waals surface area contributed by atoms with Gasteiger partial charge in [0.25, 0.3) is 0 Å². The van der Waals surface area contributed by atoms with E-state index in [1.807, 2.05) is 31.4 Å². The highest BCUT2D eigenvalue weighted by Crippen LogP contribution is 2.24. The number of benzene rings is 1. The molecule has 1 unspecified atom stereocenters. The van der Waals surface area contributed by atoms with Crippen LogP contribution >= 0.6 is 0 Å². The third-order valence-corrected chi connectivity index (χ3v) is 4.27. The van der Waals surface area contributed by atoms with Crippen LogP contribution in [0, 0.1) is 6.92 Å². The van der Waals surface area contributed by atoms with E-state index in [1.165, 1.54) is 11.1 Å². The number of aliphatic imine (C=N–C) groups is 1. The first kappa shape index (κ1) is 16.5. The van der Waals surface area contributed by atoms with Gasteiger partial charge in [-0.05, 0) is 30.2 Å². The van der Waals surface area contributed by atoms with Crippen LogP contribution in [-0.2, 0) is 11.3 Å². The van der Waals surface area contributed by atoms with Gasteiger partial charge >= 0.3 is 0 Å². The number of hydrogen-bond acceptors (Lipinski definition) is 3. The van der Waals surface area contributed by atoms with Crippen LogP contribution in [-0.4, -0.2) is 42.6 Å². The van der Waals surface area contributed by atoms with Crippen molar-refractivity contribution in [1.82, 2.24) is 15.2 Å². The molecule has 1 aliphatic heterocycles. The van der Waals surface area contributed by atoms with E-state index in [0.29, 0.717) is 13.2 Å². The summed E-state index contributed by atoms with van der Waals surface area (Å²) in [5.74, 6) is 0.891. The lowest BCUT2D eigenvalue weighted by Crippen LogP contribution is -2.48. The molecule has 1 saturated heterocycles. The minimum Gasteiger partial charge on any atom is -0.370 e. The van der Waals surface area contributed by atoms with Crippen molar-refractivity contribution in [3.63, 3.8) is 0 Å². The quantitative estimate of drug-likeness (QED) is 0.696. The fourth-order valence-electron chi connectivity index (χ4n) is 2.98. The summed E-state index contributed by atoms with van der Waals surface area (Å²) in [5.41, 5.74) is 3.52. The second kappa shape index (κ2) is 7.93. The Labute approximate surface area is 143 Å². The monoisotopic (exact) mass is 324 g/mol. The molecule has 1 N–H and O–H groups in total. The second-order valence-electron chi connectivity index (χ2n) is 5.88. The van der Waals surface area contributed by atoms with E-state index >= 15 is 0 Å². The van der Waals surface area contributed by atoms with Crippen LogP contribution in [0.25, 0.3) is 0 Å². The Morgan fingerprint density at radius 2 is 2.12 bits per heavy atom. The number of aryl methyl sites for hydroxylation is 1. The Kier molecular flexibility index (Phi) is 5.43.